The molecule has 2 N–H and O–H groups in total. The van der Waals surface area contributed by atoms with Gasteiger partial charge < -0.3 is 5.73 Å². The molecule has 2 aromatic rings. The zero-order valence-electron chi connectivity index (χ0n) is 11.3. The summed E-state index contributed by atoms with van der Waals surface area (Å²) in [4.78, 5) is 0. The largest absolute Gasteiger partial charge is 0.323 e. The summed E-state index contributed by atoms with van der Waals surface area (Å²) in [6.45, 7) is 4.25. The van der Waals surface area contributed by atoms with Crippen LogP contribution >= 0.6 is 15.9 Å². The third kappa shape index (κ3) is 3.22. The van der Waals surface area contributed by atoms with Crippen molar-refractivity contribution in [1.29, 1.82) is 0 Å². The summed E-state index contributed by atoms with van der Waals surface area (Å²) in [5, 5.41) is 8.38. The van der Waals surface area contributed by atoms with Crippen molar-refractivity contribution in [1.82, 2.24) is 15.0 Å². The van der Waals surface area contributed by atoms with Crippen molar-refractivity contribution >= 4 is 15.9 Å². The van der Waals surface area contributed by atoms with Gasteiger partial charge in [0.25, 0.3) is 0 Å². The highest BCUT2D eigenvalue weighted by atomic mass is 79.9. The van der Waals surface area contributed by atoms with Crippen LogP contribution in [0.15, 0.2) is 28.9 Å². The minimum absolute atomic E-state index is 0.0284. The van der Waals surface area contributed by atoms with Crippen molar-refractivity contribution in [2.24, 2.45) is 5.73 Å². The molecule has 1 aromatic carbocycles. The summed E-state index contributed by atoms with van der Waals surface area (Å²) >= 11 is 3.49. The van der Waals surface area contributed by atoms with E-state index in [-0.39, 0.29) is 6.04 Å². The predicted molar refractivity (Wildman–Crippen MR) is 80.3 cm³/mol. The smallest absolute Gasteiger partial charge is 0.0998 e. The van der Waals surface area contributed by atoms with Gasteiger partial charge in [-0.2, -0.15) is 0 Å². The Morgan fingerprint density at radius 1 is 1.37 bits per heavy atom. The Bertz CT molecular complexity index is 550. The van der Waals surface area contributed by atoms with Gasteiger partial charge in [-0.3, -0.25) is 0 Å². The molecule has 2 rings (SSSR count). The maximum Gasteiger partial charge on any atom is 0.0998 e. The number of nitrogens with zero attached hydrogens (tertiary/aromatic N) is 3. The normalized spacial score (nSPS) is 12.6. The molecule has 0 aliphatic rings. The van der Waals surface area contributed by atoms with Crippen molar-refractivity contribution < 1.29 is 0 Å². The van der Waals surface area contributed by atoms with Gasteiger partial charge in [-0.05, 0) is 36.6 Å². The van der Waals surface area contributed by atoms with Gasteiger partial charge in [0.1, 0.15) is 0 Å². The molecule has 0 saturated heterocycles. The van der Waals surface area contributed by atoms with E-state index in [4.69, 9.17) is 5.73 Å². The van der Waals surface area contributed by atoms with E-state index in [2.05, 4.69) is 46.2 Å². The maximum atomic E-state index is 6.07. The number of aryl methyl sites for hydroxylation is 1. The van der Waals surface area contributed by atoms with Gasteiger partial charge in [0.15, 0.2) is 0 Å². The van der Waals surface area contributed by atoms with E-state index in [1.165, 1.54) is 5.56 Å². The average molecular weight is 323 g/mol. The Kier molecular flexibility index (Phi) is 4.71. The van der Waals surface area contributed by atoms with Gasteiger partial charge in [-0.25, -0.2) is 4.68 Å². The molecular weight excluding hydrogens is 304 g/mol. The van der Waals surface area contributed by atoms with Crippen molar-refractivity contribution in [2.45, 2.75) is 39.2 Å². The minimum atomic E-state index is -0.0284. The fraction of sp³-hybridized carbons (Fsp3) is 0.429. The van der Waals surface area contributed by atoms with Crippen LogP contribution in [0.4, 0.5) is 0 Å². The van der Waals surface area contributed by atoms with Crippen LogP contribution in [0.25, 0.3) is 5.69 Å². The molecule has 0 saturated carbocycles. The summed E-state index contributed by atoms with van der Waals surface area (Å²) in [5.74, 6) is 0. The molecule has 0 aliphatic heterocycles. The number of hydrogen-bond donors (Lipinski definition) is 1. The number of hydrogen-bond acceptors (Lipinski definition) is 3. The van der Waals surface area contributed by atoms with E-state index in [9.17, 15) is 0 Å². The van der Waals surface area contributed by atoms with Gasteiger partial charge in [0, 0.05) is 4.47 Å². The fourth-order valence-electron chi connectivity index (χ4n) is 2.08. The lowest BCUT2D eigenvalue weighted by atomic mass is 10.1. The summed E-state index contributed by atoms with van der Waals surface area (Å²) in [6.07, 6.45) is 4.86. The van der Waals surface area contributed by atoms with E-state index in [0.717, 1.165) is 35.1 Å². The lowest BCUT2D eigenvalue weighted by Crippen LogP contribution is -2.10. The standard InChI is InChI=1S/C14H19BrN4/c1-3-5-12(16)13-9-19(18-17-13)14-7-6-11(15)8-10(14)4-2/h6-9,12H,3-5,16H2,1-2H3. The van der Waals surface area contributed by atoms with Crippen LogP contribution < -0.4 is 5.73 Å². The summed E-state index contributed by atoms with van der Waals surface area (Å²) in [5.41, 5.74) is 9.22. The minimum Gasteiger partial charge on any atom is -0.323 e. The van der Waals surface area contributed by atoms with E-state index in [1.807, 2.05) is 23.0 Å². The SMILES string of the molecule is CCCC(N)c1cn(-c2ccc(Br)cc2CC)nn1. The van der Waals surface area contributed by atoms with Gasteiger partial charge in [0.05, 0.1) is 23.6 Å². The van der Waals surface area contributed by atoms with Crippen LogP contribution in [0.1, 0.15) is 44.0 Å². The molecule has 102 valence electrons. The molecule has 0 fully saturated rings. The Labute approximate surface area is 122 Å². The summed E-state index contributed by atoms with van der Waals surface area (Å²) in [6, 6.07) is 6.15. The van der Waals surface area contributed by atoms with E-state index in [1.54, 1.807) is 0 Å². The summed E-state index contributed by atoms with van der Waals surface area (Å²) < 4.78 is 2.90. The van der Waals surface area contributed by atoms with Crippen LogP contribution in [0.3, 0.4) is 0 Å². The monoisotopic (exact) mass is 322 g/mol. The van der Waals surface area contributed by atoms with Gasteiger partial charge in [0.2, 0.25) is 0 Å². The molecule has 4 nitrogen and oxygen atoms in total. The average Bonchev–Trinajstić information content (AvgIpc) is 2.88. The number of benzene rings is 1. The molecule has 0 bridgehead atoms. The highest BCUT2D eigenvalue weighted by Crippen LogP contribution is 2.21. The molecule has 0 aliphatic carbocycles. The molecule has 0 amide bonds. The number of nitrogens with two attached hydrogens (primary N) is 1. The predicted octanol–water partition coefficient (Wildman–Crippen LogP) is 3.39. The molecule has 1 heterocycles. The highest BCUT2D eigenvalue weighted by molar-refractivity contribution is 9.10. The molecular formula is C14H19BrN4. The number of rotatable bonds is 5. The molecule has 0 spiro atoms. The van der Waals surface area contributed by atoms with Crippen LogP contribution in [-0.4, -0.2) is 15.0 Å². The van der Waals surface area contributed by atoms with Gasteiger partial charge in [-0.1, -0.05) is 41.4 Å². The van der Waals surface area contributed by atoms with E-state index >= 15 is 0 Å². The van der Waals surface area contributed by atoms with Crippen LogP contribution in [0.2, 0.25) is 0 Å². The zero-order valence-corrected chi connectivity index (χ0v) is 12.9. The lowest BCUT2D eigenvalue weighted by molar-refractivity contribution is 0.619. The molecule has 1 aromatic heterocycles. The van der Waals surface area contributed by atoms with Crippen LogP contribution in [-0.2, 0) is 6.42 Å². The molecule has 1 atom stereocenters. The Balaban J connectivity index is 2.32. The third-order valence-corrected chi connectivity index (χ3v) is 3.65. The second-order valence-corrected chi connectivity index (χ2v) is 5.53. The van der Waals surface area contributed by atoms with Gasteiger partial charge >= 0.3 is 0 Å². The highest BCUT2D eigenvalue weighted by Gasteiger charge is 2.12. The quantitative estimate of drug-likeness (QED) is 0.917. The van der Waals surface area contributed by atoms with Crippen molar-refractivity contribution in [3.63, 3.8) is 0 Å². The van der Waals surface area contributed by atoms with E-state index in [0.29, 0.717) is 0 Å². The summed E-state index contributed by atoms with van der Waals surface area (Å²) in [7, 11) is 0. The Morgan fingerprint density at radius 3 is 2.84 bits per heavy atom. The number of halogens is 1. The Hall–Kier alpha value is -1.20. The van der Waals surface area contributed by atoms with Crippen molar-refractivity contribution in [2.75, 3.05) is 0 Å². The third-order valence-electron chi connectivity index (χ3n) is 3.16. The first kappa shape index (κ1) is 14.2. The number of aromatic nitrogens is 3. The first-order valence-corrected chi connectivity index (χ1v) is 7.41. The van der Waals surface area contributed by atoms with E-state index < -0.39 is 0 Å². The van der Waals surface area contributed by atoms with Gasteiger partial charge in [-0.15, -0.1) is 5.10 Å². The first-order chi connectivity index (χ1) is 9.15. The lowest BCUT2D eigenvalue weighted by Gasteiger charge is -2.08. The maximum absolute atomic E-state index is 6.07. The molecule has 0 radical (unpaired) electrons. The van der Waals surface area contributed by atoms with Crippen LogP contribution in [0, 0.1) is 0 Å². The fourth-order valence-corrected chi connectivity index (χ4v) is 2.49. The zero-order chi connectivity index (χ0) is 13.8. The Morgan fingerprint density at radius 2 is 2.16 bits per heavy atom. The molecule has 1 unspecified atom stereocenters. The van der Waals surface area contributed by atoms with Crippen LogP contribution in [0.5, 0.6) is 0 Å². The van der Waals surface area contributed by atoms with Crippen molar-refractivity contribution in [3.05, 3.63) is 40.1 Å². The first-order valence-electron chi connectivity index (χ1n) is 6.62. The molecule has 19 heavy (non-hydrogen) atoms. The molecule has 5 heteroatoms. The topological polar surface area (TPSA) is 56.7 Å². The second kappa shape index (κ2) is 6.30. The second-order valence-electron chi connectivity index (χ2n) is 4.61. The van der Waals surface area contributed by atoms with Crippen molar-refractivity contribution in [3.8, 4) is 5.69 Å².